The summed E-state index contributed by atoms with van der Waals surface area (Å²) in [5, 5.41) is 5.45. The van der Waals surface area contributed by atoms with Gasteiger partial charge in [0.05, 0.1) is 6.54 Å². The molecule has 0 aromatic rings. The molecule has 0 spiro atoms. The van der Waals surface area contributed by atoms with Gasteiger partial charge < -0.3 is 9.47 Å². The van der Waals surface area contributed by atoms with E-state index in [4.69, 9.17) is 4.74 Å². The molecule has 0 bridgehead atoms. The summed E-state index contributed by atoms with van der Waals surface area (Å²) in [4.78, 5) is 9.67. The minimum atomic E-state index is 0.351. The van der Waals surface area contributed by atoms with E-state index in [2.05, 4.69) is 9.84 Å². The number of carbonyl (C=O) groups excluding carboxylic acids is 1. The number of carbonyl (C=O) groups is 1. The van der Waals surface area contributed by atoms with Crippen LogP contribution in [0.3, 0.4) is 0 Å². The molecular formula is C5H8N2O3. The van der Waals surface area contributed by atoms with Crippen molar-refractivity contribution in [2.24, 2.45) is 5.10 Å². The van der Waals surface area contributed by atoms with Crippen molar-refractivity contribution in [1.29, 1.82) is 0 Å². The maximum Gasteiger partial charge on any atom is 0.293 e. The van der Waals surface area contributed by atoms with Crippen LogP contribution in [0.1, 0.15) is 0 Å². The highest BCUT2D eigenvalue weighted by molar-refractivity contribution is 5.47. The number of hydrogen-bond acceptors (Lipinski definition) is 5. The van der Waals surface area contributed by atoms with E-state index >= 15 is 0 Å². The van der Waals surface area contributed by atoms with Crippen molar-refractivity contribution in [2.45, 2.75) is 0 Å². The first-order valence-corrected chi connectivity index (χ1v) is 2.88. The lowest BCUT2D eigenvalue weighted by Crippen LogP contribution is -2.20. The van der Waals surface area contributed by atoms with Gasteiger partial charge >= 0.3 is 0 Å². The van der Waals surface area contributed by atoms with E-state index in [1.807, 2.05) is 0 Å². The topological polar surface area (TPSA) is 51.1 Å². The van der Waals surface area contributed by atoms with Gasteiger partial charge in [-0.1, -0.05) is 0 Å². The van der Waals surface area contributed by atoms with Crippen molar-refractivity contribution >= 4 is 12.9 Å². The number of rotatable bonds is 4. The molecule has 0 radical (unpaired) electrons. The Balaban J connectivity index is 2.02. The van der Waals surface area contributed by atoms with Gasteiger partial charge in [0, 0.05) is 0 Å². The molecule has 10 heavy (non-hydrogen) atoms. The van der Waals surface area contributed by atoms with Gasteiger partial charge in [0.15, 0.2) is 13.1 Å². The zero-order valence-electron chi connectivity index (χ0n) is 5.40. The number of hydrogen-bond donors (Lipinski definition) is 0. The summed E-state index contributed by atoms with van der Waals surface area (Å²) in [6.07, 6.45) is 1.36. The van der Waals surface area contributed by atoms with Gasteiger partial charge in [-0.2, -0.15) is 0 Å². The fourth-order valence-electron chi connectivity index (χ4n) is 0.581. The van der Waals surface area contributed by atoms with E-state index in [9.17, 15) is 4.79 Å². The molecule has 0 aromatic carbocycles. The van der Waals surface area contributed by atoms with E-state index in [1.165, 1.54) is 6.40 Å². The summed E-state index contributed by atoms with van der Waals surface area (Å²) < 4.78 is 9.22. The van der Waals surface area contributed by atoms with Crippen LogP contribution in [-0.2, 0) is 14.3 Å². The monoisotopic (exact) mass is 144 g/mol. The first kappa shape index (κ1) is 6.85. The Morgan fingerprint density at radius 1 is 1.90 bits per heavy atom. The molecule has 0 saturated heterocycles. The first-order valence-electron chi connectivity index (χ1n) is 2.88. The van der Waals surface area contributed by atoms with Crippen LogP contribution in [0.5, 0.6) is 0 Å². The standard InChI is InChI=1S/C5H8N2O3/c8-5-9-2-1-7-4-10-3-6-7/h3,5H,1-2,4H2. The van der Waals surface area contributed by atoms with Crippen molar-refractivity contribution in [3.8, 4) is 0 Å². The second-order valence-corrected chi connectivity index (χ2v) is 1.71. The van der Waals surface area contributed by atoms with Crippen molar-refractivity contribution < 1.29 is 14.3 Å². The van der Waals surface area contributed by atoms with Gasteiger partial charge in [0.1, 0.15) is 6.61 Å². The summed E-state index contributed by atoms with van der Waals surface area (Å²) >= 11 is 0. The Hall–Kier alpha value is -1.26. The third kappa shape index (κ3) is 1.93. The van der Waals surface area contributed by atoms with Gasteiger partial charge in [0.25, 0.3) is 6.47 Å². The molecule has 0 aromatic heterocycles. The maximum atomic E-state index is 9.67. The van der Waals surface area contributed by atoms with Crippen LogP contribution in [0.25, 0.3) is 0 Å². The van der Waals surface area contributed by atoms with E-state index < -0.39 is 0 Å². The summed E-state index contributed by atoms with van der Waals surface area (Å²) in [5.41, 5.74) is 0. The van der Waals surface area contributed by atoms with E-state index in [0.29, 0.717) is 26.4 Å². The van der Waals surface area contributed by atoms with E-state index in [-0.39, 0.29) is 0 Å². The Kier molecular flexibility index (Phi) is 2.54. The van der Waals surface area contributed by atoms with Crippen LogP contribution in [-0.4, -0.2) is 37.8 Å². The van der Waals surface area contributed by atoms with Crippen molar-refractivity contribution in [1.82, 2.24) is 5.01 Å². The van der Waals surface area contributed by atoms with Crippen molar-refractivity contribution in [3.05, 3.63) is 0 Å². The molecule has 1 rings (SSSR count). The normalized spacial score (nSPS) is 15.0. The number of hydrazone groups is 1. The fourth-order valence-corrected chi connectivity index (χ4v) is 0.581. The molecule has 0 aliphatic carbocycles. The fraction of sp³-hybridized carbons (Fsp3) is 0.600. The molecule has 0 saturated carbocycles. The lowest BCUT2D eigenvalue weighted by atomic mass is 10.7. The van der Waals surface area contributed by atoms with Gasteiger partial charge in [-0.05, 0) is 0 Å². The Labute approximate surface area is 58.2 Å². The van der Waals surface area contributed by atoms with Crippen LogP contribution in [0.4, 0.5) is 0 Å². The molecular weight excluding hydrogens is 136 g/mol. The SMILES string of the molecule is O=COCCN1COC=N1. The van der Waals surface area contributed by atoms with Crippen LogP contribution in [0.2, 0.25) is 0 Å². The minimum absolute atomic E-state index is 0.351. The second kappa shape index (κ2) is 3.71. The summed E-state index contributed by atoms with van der Waals surface area (Å²) in [7, 11) is 0. The minimum Gasteiger partial charge on any atom is -0.466 e. The Morgan fingerprint density at radius 3 is 3.40 bits per heavy atom. The molecule has 0 N–H and O–H groups in total. The van der Waals surface area contributed by atoms with Crippen LogP contribution < -0.4 is 0 Å². The Bertz CT molecular complexity index is 137. The number of ether oxygens (including phenoxy) is 2. The smallest absolute Gasteiger partial charge is 0.293 e. The molecule has 0 unspecified atom stereocenters. The lowest BCUT2D eigenvalue weighted by molar-refractivity contribution is -0.129. The predicted octanol–water partition coefficient (Wildman–Crippen LogP) is -0.608. The predicted molar refractivity (Wildman–Crippen MR) is 33.2 cm³/mol. The van der Waals surface area contributed by atoms with E-state index in [0.717, 1.165) is 0 Å². The molecule has 56 valence electrons. The zero-order chi connectivity index (χ0) is 7.23. The van der Waals surface area contributed by atoms with Gasteiger partial charge in [-0.15, -0.1) is 5.10 Å². The quantitative estimate of drug-likeness (QED) is 0.390. The lowest BCUT2D eigenvalue weighted by Gasteiger charge is -2.09. The maximum absolute atomic E-state index is 9.67. The highest BCUT2D eigenvalue weighted by Gasteiger charge is 2.04. The third-order valence-corrected chi connectivity index (χ3v) is 1.04. The van der Waals surface area contributed by atoms with Crippen molar-refractivity contribution in [3.63, 3.8) is 0 Å². The molecule has 0 fully saturated rings. The molecule has 1 heterocycles. The number of nitrogens with zero attached hydrogens (tertiary/aromatic N) is 2. The highest BCUT2D eigenvalue weighted by Crippen LogP contribution is 1.94. The molecule has 5 nitrogen and oxygen atoms in total. The molecule has 0 atom stereocenters. The van der Waals surface area contributed by atoms with Gasteiger partial charge in [0.2, 0.25) is 0 Å². The van der Waals surface area contributed by atoms with Crippen molar-refractivity contribution in [2.75, 3.05) is 19.9 Å². The highest BCUT2D eigenvalue weighted by atomic mass is 16.5. The van der Waals surface area contributed by atoms with Crippen LogP contribution in [0, 0.1) is 0 Å². The summed E-state index contributed by atoms with van der Waals surface area (Å²) in [6.45, 7) is 1.79. The van der Waals surface area contributed by atoms with Gasteiger partial charge in [-0.25, -0.2) is 0 Å². The third-order valence-electron chi connectivity index (χ3n) is 1.04. The zero-order valence-corrected chi connectivity index (χ0v) is 5.40. The second-order valence-electron chi connectivity index (χ2n) is 1.71. The summed E-state index contributed by atoms with van der Waals surface area (Å²) in [5.74, 6) is 0. The average Bonchev–Trinajstić information content (AvgIpc) is 2.41. The molecule has 1 aliphatic heterocycles. The molecule has 1 aliphatic rings. The van der Waals surface area contributed by atoms with E-state index in [1.54, 1.807) is 5.01 Å². The molecule has 5 heteroatoms. The molecule has 0 amide bonds. The summed E-state index contributed by atoms with van der Waals surface area (Å²) in [6, 6.07) is 0. The average molecular weight is 144 g/mol. The largest absolute Gasteiger partial charge is 0.466 e. The van der Waals surface area contributed by atoms with Crippen LogP contribution >= 0.6 is 0 Å². The van der Waals surface area contributed by atoms with Crippen LogP contribution in [0.15, 0.2) is 5.10 Å². The first-order chi connectivity index (χ1) is 4.93. The Morgan fingerprint density at radius 2 is 2.80 bits per heavy atom. The van der Waals surface area contributed by atoms with Gasteiger partial charge in [-0.3, -0.25) is 9.80 Å².